The molecule has 66 valence electrons. The number of hydrogen-bond donors (Lipinski definition) is 0. The number of amides is 1. The third kappa shape index (κ3) is 2.59. The lowest BCUT2D eigenvalue weighted by Gasteiger charge is -1.95. The number of hydrogen-bond acceptors (Lipinski definition) is 2. The first-order chi connectivity index (χ1) is 6.13. The summed E-state index contributed by atoms with van der Waals surface area (Å²) in [6.07, 6.45) is 0. The highest BCUT2D eigenvalue weighted by Crippen LogP contribution is 2.15. The van der Waals surface area contributed by atoms with Crippen molar-refractivity contribution in [2.45, 2.75) is 0 Å². The molecule has 0 unspecified atom stereocenters. The van der Waals surface area contributed by atoms with Crippen molar-refractivity contribution >= 4 is 29.1 Å². The Bertz CT molecular complexity index is 379. The van der Waals surface area contributed by atoms with E-state index < -0.39 is 5.91 Å². The van der Waals surface area contributed by atoms with Crippen LogP contribution in [-0.4, -0.2) is 10.9 Å². The van der Waals surface area contributed by atoms with Gasteiger partial charge in [0.2, 0.25) is 5.91 Å². The molecule has 1 aromatic rings. The molecule has 0 N–H and O–H groups in total. The van der Waals surface area contributed by atoms with Gasteiger partial charge < -0.3 is 0 Å². The summed E-state index contributed by atoms with van der Waals surface area (Å²) in [5.74, 6) is -0.742. The molecule has 0 atom stereocenters. The van der Waals surface area contributed by atoms with Crippen LogP contribution in [0.15, 0.2) is 17.2 Å². The molecule has 0 aliphatic carbocycles. The van der Waals surface area contributed by atoms with E-state index in [9.17, 15) is 4.79 Å². The summed E-state index contributed by atoms with van der Waals surface area (Å²) >= 11 is 11.0. The Morgan fingerprint density at radius 1 is 1.46 bits per heavy atom. The Morgan fingerprint density at radius 2 is 2.00 bits per heavy atom. The maximum atomic E-state index is 11.0. The summed E-state index contributed by atoms with van der Waals surface area (Å²) in [7, 11) is 0. The van der Waals surface area contributed by atoms with Gasteiger partial charge in [0.1, 0.15) is 10.3 Å². The van der Waals surface area contributed by atoms with E-state index in [1.54, 1.807) is 0 Å². The highest BCUT2D eigenvalue weighted by atomic mass is 35.5. The SMILES string of the molecule is [N-]=[N+]=NC(=O)c1cc(Cl)nc(Cl)c1. The zero-order chi connectivity index (χ0) is 9.84. The first-order valence-corrected chi connectivity index (χ1v) is 3.81. The van der Waals surface area contributed by atoms with Gasteiger partial charge in [0, 0.05) is 10.5 Å². The molecule has 0 saturated heterocycles. The molecule has 0 aliphatic heterocycles. The number of nitrogens with zero attached hydrogens (tertiary/aromatic N) is 4. The third-order valence-corrected chi connectivity index (χ3v) is 1.53. The largest absolute Gasteiger partial charge is 0.287 e. The molecule has 0 fully saturated rings. The average Bonchev–Trinajstić information content (AvgIpc) is 2.03. The first-order valence-electron chi connectivity index (χ1n) is 3.06. The fourth-order valence-electron chi connectivity index (χ4n) is 0.687. The van der Waals surface area contributed by atoms with Gasteiger partial charge in [-0.15, -0.1) is 0 Å². The molecule has 0 aromatic carbocycles. The Balaban J connectivity index is 3.15. The van der Waals surface area contributed by atoms with Gasteiger partial charge in [0.05, 0.1) is 0 Å². The van der Waals surface area contributed by atoms with Crippen LogP contribution in [0.5, 0.6) is 0 Å². The summed E-state index contributed by atoms with van der Waals surface area (Å²) in [6, 6.07) is 2.54. The van der Waals surface area contributed by atoms with Crippen molar-refractivity contribution in [3.05, 3.63) is 38.4 Å². The number of halogens is 2. The van der Waals surface area contributed by atoms with Gasteiger partial charge in [0.15, 0.2) is 0 Å². The Hall–Kier alpha value is -1.29. The number of rotatable bonds is 1. The first kappa shape index (κ1) is 9.80. The lowest BCUT2D eigenvalue weighted by molar-refractivity contribution is 0.100. The highest BCUT2D eigenvalue weighted by Gasteiger charge is 2.05. The second-order valence-electron chi connectivity index (χ2n) is 2.00. The minimum absolute atomic E-state index is 0.0731. The van der Waals surface area contributed by atoms with Gasteiger partial charge >= 0.3 is 0 Å². The van der Waals surface area contributed by atoms with Crippen molar-refractivity contribution in [2.75, 3.05) is 0 Å². The molecule has 7 heteroatoms. The van der Waals surface area contributed by atoms with Crippen LogP contribution in [0.1, 0.15) is 10.4 Å². The van der Waals surface area contributed by atoms with Gasteiger partial charge in [-0.3, -0.25) is 4.79 Å². The van der Waals surface area contributed by atoms with E-state index in [2.05, 4.69) is 15.0 Å². The van der Waals surface area contributed by atoms with Crippen LogP contribution in [0.25, 0.3) is 10.4 Å². The molecule has 5 nitrogen and oxygen atoms in total. The molecule has 0 saturated carbocycles. The van der Waals surface area contributed by atoms with Crippen LogP contribution in [0.4, 0.5) is 0 Å². The van der Waals surface area contributed by atoms with Crippen LogP contribution in [0.2, 0.25) is 10.3 Å². The van der Waals surface area contributed by atoms with Gasteiger partial charge in [0.25, 0.3) is 0 Å². The molecule has 0 bridgehead atoms. The van der Waals surface area contributed by atoms with Crippen molar-refractivity contribution in [3.63, 3.8) is 0 Å². The van der Waals surface area contributed by atoms with E-state index in [4.69, 9.17) is 28.7 Å². The van der Waals surface area contributed by atoms with Crippen molar-refractivity contribution < 1.29 is 4.79 Å². The van der Waals surface area contributed by atoms with Crippen molar-refractivity contribution in [3.8, 4) is 0 Å². The van der Waals surface area contributed by atoms with E-state index in [0.717, 1.165) is 0 Å². The van der Waals surface area contributed by atoms with Crippen LogP contribution in [-0.2, 0) is 0 Å². The number of carbonyl (C=O) groups excluding carboxylic acids is 1. The lowest BCUT2D eigenvalue weighted by Crippen LogP contribution is -1.94. The predicted molar refractivity (Wildman–Crippen MR) is 47.7 cm³/mol. The number of azide groups is 1. The van der Waals surface area contributed by atoms with Gasteiger partial charge in [-0.25, -0.2) is 4.98 Å². The molecule has 0 radical (unpaired) electrons. The molecule has 0 aliphatic rings. The fraction of sp³-hybridized carbons (Fsp3) is 0. The Morgan fingerprint density at radius 3 is 2.46 bits per heavy atom. The molecule has 1 rings (SSSR count). The van der Waals surface area contributed by atoms with Crippen LogP contribution in [0, 0.1) is 0 Å². The smallest absolute Gasteiger partial charge is 0.249 e. The zero-order valence-corrected chi connectivity index (χ0v) is 7.62. The minimum Gasteiger partial charge on any atom is -0.287 e. The van der Waals surface area contributed by atoms with E-state index in [1.165, 1.54) is 12.1 Å². The second kappa shape index (κ2) is 4.09. The molecular formula is C6H2Cl2N4O. The van der Waals surface area contributed by atoms with Gasteiger partial charge in [-0.05, 0) is 22.8 Å². The minimum atomic E-state index is -0.742. The quantitative estimate of drug-likeness (QED) is 0.313. The summed E-state index contributed by atoms with van der Waals surface area (Å²) in [6.45, 7) is 0. The molecule has 0 spiro atoms. The number of aromatic nitrogens is 1. The van der Waals surface area contributed by atoms with Crippen LogP contribution in [0.3, 0.4) is 0 Å². The summed E-state index contributed by atoms with van der Waals surface area (Å²) < 4.78 is 0. The summed E-state index contributed by atoms with van der Waals surface area (Å²) in [5.41, 5.74) is 8.11. The summed E-state index contributed by atoms with van der Waals surface area (Å²) in [5, 5.41) is 3.02. The Kier molecular flexibility index (Phi) is 3.08. The van der Waals surface area contributed by atoms with Crippen LogP contribution < -0.4 is 0 Å². The van der Waals surface area contributed by atoms with Crippen molar-refractivity contribution in [1.29, 1.82) is 0 Å². The van der Waals surface area contributed by atoms with Gasteiger partial charge in [-0.1, -0.05) is 23.2 Å². The maximum absolute atomic E-state index is 11.0. The van der Waals surface area contributed by atoms with Crippen molar-refractivity contribution in [2.24, 2.45) is 5.11 Å². The normalized spacial score (nSPS) is 9.08. The topological polar surface area (TPSA) is 78.7 Å². The van der Waals surface area contributed by atoms with E-state index >= 15 is 0 Å². The van der Waals surface area contributed by atoms with E-state index in [0.29, 0.717) is 0 Å². The zero-order valence-electron chi connectivity index (χ0n) is 6.11. The standard InChI is InChI=1S/C6H2Cl2N4O/c7-4-1-3(2-5(8)10-4)6(13)11-12-9/h1-2H. The number of pyridine rings is 1. The monoisotopic (exact) mass is 216 g/mol. The molecule has 13 heavy (non-hydrogen) atoms. The Labute approximate surface area is 82.9 Å². The molecular weight excluding hydrogens is 215 g/mol. The highest BCUT2D eigenvalue weighted by molar-refractivity contribution is 6.33. The van der Waals surface area contributed by atoms with Crippen molar-refractivity contribution in [1.82, 2.24) is 4.98 Å². The maximum Gasteiger partial charge on any atom is 0.249 e. The van der Waals surface area contributed by atoms with Gasteiger partial charge in [-0.2, -0.15) is 0 Å². The van der Waals surface area contributed by atoms with E-state index in [-0.39, 0.29) is 15.9 Å². The fourth-order valence-corrected chi connectivity index (χ4v) is 1.15. The molecule has 1 heterocycles. The van der Waals surface area contributed by atoms with Crippen LogP contribution >= 0.6 is 23.2 Å². The molecule has 1 amide bonds. The second-order valence-corrected chi connectivity index (χ2v) is 2.77. The third-order valence-electron chi connectivity index (χ3n) is 1.15. The molecule has 1 aromatic heterocycles. The van der Waals surface area contributed by atoms with E-state index in [1.807, 2.05) is 0 Å². The summed E-state index contributed by atoms with van der Waals surface area (Å²) in [4.78, 5) is 16.9. The number of carbonyl (C=O) groups is 1. The average molecular weight is 217 g/mol. The lowest BCUT2D eigenvalue weighted by atomic mass is 10.3. The predicted octanol–water partition coefficient (Wildman–Crippen LogP) is 2.84.